The van der Waals surface area contributed by atoms with E-state index >= 15 is 0 Å². The quantitative estimate of drug-likeness (QED) is 0.753. The van der Waals surface area contributed by atoms with Gasteiger partial charge in [0.2, 0.25) is 0 Å². The molecule has 3 nitrogen and oxygen atoms in total. The molecule has 1 aromatic carbocycles. The van der Waals surface area contributed by atoms with Crippen LogP contribution < -0.4 is 10.6 Å². The van der Waals surface area contributed by atoms with Crippen molar-refractivity contribution < 1.29 is 4.79 Å². The Bertz CT molecular complexity index is 829. The Labute approximate surface area is 160 Å². The lowest BCUT2D eigenvalue weighted by atomic mass is 9.72. The molecule has 0 spiro atoms. The lowest BCUT2D eigenvalue weighted by Gasteiger charge is -2.34. The van der Waals surface area contributed by atoms with Crippen molar-refractivity contribution in [2.75, 3.05) is 5.32 Å². The van der Waals surface area contributed by atoms with Crippen molar-refractivity contribution in [2.24, 2.45) is 11.3 Å². The van der Waals surface area contributed by atoms with Gasteiger partial charge in [-0.3, -0.25) is 4.79 Å². The summed E-state index contributed by atoms with van der Waals surface area (Å²) in [5.74, 6) is 0.769. The van der Waals surface area contributed by atoms with Gasteiger partial charge in [0.1, 0.15) is 11.2 Å². The molecule has 0 fully saturated rings. The Hall–Kier alpha value is -1.81. The van der Waals surface area contributed by atoms with Gasteiger partial charge in [-0.2, -0.15) is 0 Å². The molecule has 1 aliphatic carbocycles. The van der Waals surface area contributed by atoms with Crippen molar-refractivity contribution in [3.8, 4) is 0 Å². The van der Waals surface area contributed by atoms with E-state index in [4.69, 9.17) is 0 Å². The van der Waals surface area contributed by atoms with Crippen molar-refractivity contribution in [3.63, 3.8) is 0 Å². The van der Waals surface area contributed by atoms with Gasteiger partial charge in [-0.15, -0.1) is 11.3 Å². The number of carbonyl (C=O) groups excluding carboxylic acids is 1. The fourth-order valence-electron chi connectivity index (χ4n) is 4.15. The van der Waals surface area contributed by atoms with Gasteiger partial charge in [-0.05, 0) is 53.7 Å². The van der Waals surface area contributed by atoms with Crippen LogP contribution in [0.2, 0.25) is 0 Å². The topological polar surface area (TPSA) is 41.1 Å². The second-order valence-corrected chi connectivity index (χ2v) is 9.76. The van der Waals surface area contributed by atoms with Crippen molar-refractivity contribution in [2.45, 2.75) is 59.5 Å². The van der Waals surface area contributed by atoms with Crippen LogP contribution in [0.4, 0.5) is 5.00 Å². The van der Waals surface area contributed by atoms with E-state index in [-0.39, 0.29) is 12.1 Å². The second kappa shape index (κ2) is 6.41. The maximum atomic E-state index is 12.9. The molecule has 0 radical (unpaired) electrons. The van der Waals surface area contributed by atoms with Crippen LogP contribution in [0.1, 0.15) is 72.2 Å². The molecule has 0 bridgehead atoms. The van der Waals surface area contributed by atoms with E-state index in [2.05, 4.69) is 62.6 Å². The first-order valence-corrected chi connectivity index (χ1v) is 10.5. The summed E-state index contributed by atoms with van der Waals surface area (Å²) in [6, 6.07) is 8.52. The summed E-state index contributed by atoms with van der Waals surface area (Å²) in [6.45, 7) is 9.15. The van der Waals surface area contributed by atoms with Gasteiger partial charge in [0, 0.05) is 4.88 Å². The van der Waals surface area contributed by atoms with Gasteiger partial charge >= 0.3 is 0 Å². The Morgan fingerprint density at radius 1 is 1.15 bits per heavy atom. The summed E-state index contributed by atoms with van der Waals surface area (Å²) in [7, 11) is 0. The first-order valence-electron chi connectivity index (χ1n) is 9.67. The normalized spacial score (nSPS) is 22.2. The van der Waals surface area contributed by atoms with E-state index in [1.54, 1.807) is 11.3 Å². The van der Waals surface area contributed by atoms with Crippen LogP contribution in [0.5, 0.6) is 0 Å². The Kier molecular flexibility index (Phi) is 4.34. The number of hydrogen-bond donors (Lipinski definition) is 2. The van der Waals surface area contributed by atoms with Crippen molar-refractivity contribution in [3.05, 3.63) is 51.4 Å². The molecule has 4 rings (SSSR count). The summed E-state index contributed by atoms with van der Waals surface area (Å²) in [4.78, 5) is 14.3. The number of thiophene rings is 1. The van der Waals surface area contributed by atoms with E-state index in [1.165, 1.54) is 22.4 Å². The van der Waals surface area contributed by atoms with Crippen LogP contribution in [0.15, 0.2) is 24.3 Å². The number of benzene rings is 1. The smallest absolute Gasteiger partial charge is 0.256 e. The molecule has 26 heavy (non-hydrogen) atoms. The molecule has 2 heterocycles. The predicted octanol–water partition coefficient (Wildman–Crippen LogP) is 5.32. The van der Waals surface area contributed by atoms with E-state index in [9.17, 15) is 4.79 Å². The highest BCUT2D eigenvalue weighted by molar-refractivity contribution is 7.16. The Morgan fingerprint density at radius 3 is 2.54 bits per heavy atom. The molecule has 138 valence electrons. The van der Waals surface area contributed by atoms with Gasteiger partial charge in [0.05, 0.1) is 5.56 Å². The van der Waals surface area contributed by atoms with Crippen molar-refractivity contribution in [1.82, 2.24) is 5.32 Å². The van der Waals surface area contributed by atoms with Gasteiger partial charge in [0.15, 0.2) is 0 Å². The van der Waals surface area contributed by atoms with Gasteiger partial charge in [0.25, 0.3) is 5.91 Å². The maximum absolute atomic E-state index is 12.9. The van der Waals surface area contributed by atoms with Crippen LogP contribution >= 0.6 is 11.3 Å². The SMILES string of the molecule is CCc1ccc([C@@H]2NC(=O)c3c(sc4c3CC[C@H](C(C)(C)C)C4)N2)cc1. The molecule has 2 aromatic rings. The number of rotatable bonds is 2. The van der Waals surface area contributed by atoms with Crippen LogP contribution in [0, 0.1) is 11.3 Å². The first kappa shape index (κ1) is 17.6. The minimum atomic E-state index is -0.139. The molecule has 4 heteroatoms. The molecule has 1 aliphatic heterocycles. The minimum Gasteiger partial charge on any atom is -0.353 e. The Balaban J connectivity index is 1.62. The monoisotopic (exact) mass is 368 g/mol. The zero-order chi connectivity index (χ0) is 18.5. The maximum Gasteiger partial charge on any atom is 0.256 e. The number of anilines is 1. The van der Waals surface area contributed by atoms with Crippen LogP contribution in [0.25, 0.3) is 0 Å². The summed E-state index contributed by atoms with van der Waals surface area (Å²) in [5.41, 5.74) is 4.94. The summed E-state index contributed by atoms with van der Waals surface area (Å²) < 4.78 is 0. The van der Waals surface area contributed by atoms with Crippen LogP contribution in [-0.2, 0) is 19.3 Å². The first-order chi connectivity index (χ1) is 12.4. The highest BCUT2D eigenvalue weighted by atomic mass is 32.1. The lowest BCUT2D eigenvalue weighted by Crippen LogP contribution is -2.38. The second-order valence-electron chi connectivity index (χ2n) is 8.66. The highest BCUT2D eigenvalue weighted by Gasteiger charge is 2.36. The number of fused-ring (bicyclic) bond motifs is 3. The van der Waals surface area contributed by atoms with Crippen LogP contribution in [0.3, 0.4) is 0 Å². The average Bonchev–Trinajstić information content (AvgIpc) is 2.99. The fraction of sp³-hybridized carbons (Fsp3) is 0.500. The molecule has 0 saturated heterocycles. The van der Waals surface area contributed by atoms with E-state index < -0.39 is 0 Å². The zero-order valence-electron chi connectivity index (χ0n) is 16.1. The largest absolute Gasteiger partial charge is 0.353 e. The molecular formula is C22H28N2OS. The highest BCUT2D eigenvalue weighted by Crippen LogP contribution is 2.45. The van der Waals surface area contributed by atoms with Gasteiger partial charge in [-0.1, -0.05) is 52.0 Å². The van der Waals surface area contributed by atoms with Crippen molar-refractivity contribution in [1.29, 1.82) is 0 Å². The molecule has 0 saturated carbocycles. The molecular weight excluding hydrogens is 340 g/mol. The third kappa shape index (κ3) is 3.05. The molecule has 2 aliphatic rings. The number of nitrogens with one attached hydrogen (secondary N) is 2. The van der Waals surface area contributed by atoms with Gasteiger partial charge in [-0.25, -0.2) is 0 Å². The van der Waals surface area contributed by atoms with Crippen LogP contribution in [-0.4, -0.2) is 5.91 Å². The van der Waals surface area contributed by atoms with E-state index in [0.29, 0.717) is 11.3 Å². The predicted molar refractivity (Wildman–Crippen MR) is 109 cm³/mol. The standard InChI is InChI=1S/C22H28N2OS/c1-5-13-6-8-14(9-7-13)19-23-20(25)18-16-11-10-15(22(2,3)4)12-17(16)26-21(18)24-19/h6-9,15,19,24H,5,10-12H2,1-4H3,(H,23,25)/t15-,19+/m0/s1. The summed E-state index contributed by atoms with van der Waals surface area (Å²) >= 11 is 1.80. The molecule has 0 unspecified atom stereocenters. The number of amides is 1. The summed E-state index contributed by atoms with van der Waals surface area (Å²) in [5, 5.41) is 7.79. The zero-order valence-corrected chi connectivity index (χ0v) is 16.9. The van der Waals surface area contributed by atoms with Crippen molar-refractivity contribution >= 4 is 22.2 Å². The molecule has 1 amide bonds. The minimum absolute atomic E-state index is 0.0787. The average molecular weight is 369 g/mol. The lowest BCUT2D eigenvalue weighted by molar-refractivity contribution is 0.0935. The third-order valence-corrected chi connectivity index (χ3v) is 7.17. The summed E-state index contributed by atoms with van der Waals surface area (Å²) in [6.07, 6.45) is 4.19. The van der Waals surface area contributed by atoms with E-state index in [0.717, 1.165) is 35.4 Å². The van der Waals surface area contributed by atoms with E-state index in [1.807, 2.05) is 0 Å². The van der Waals surface area contributed by atoms with Gasteiger partial charge < -0.3 is 10.6 Å². The number of carbonyl (C=O) groups is 1. The number of aryl methyl sites for hydroxylation is 1. The molecule has 1 aromatic heterocycles. The Morgan fingerprint density at radius 2 is 1.88 bits per heavy atom. The molecule has 2 atom stereocenters. The molecule has 2 N–H and O–H groups in total. The fourth-order valence-corrected chi connectivity index (χ4v) is 5.50. The number of hydrogen-bond acceptors (Lipinski definition) is 3. The third-order valence-electron chi connectivity index (χ3n) is 5.99.